The van der Waals surface area contributed by atoms with Crippen LogP contribution in [0.25, 0.3) is 0 Å². The number of nitriles is 1. The van der Waals surface area contributed by atoms with Gasteiger partial charge in [0.1, 0.15) is 0 Å². The van der Waals surface area contributed by atoms with Crippen LogP contribution in [0.1, 0.15) is 35.2 Å². The van der Waals surface area contributed by atoms with Crippen molar-refractivity contribution < 1.29 is 9.59 Å². The molecule has 0 aromatic heterocycles. The van der Waals surface area contributed by atoms with E-state index < -0.39 is 0 Å². The molecule has 0 N–H and O–H groups in total. The second-order valence-electron chi connectivity index (χ2n) is 8.42. The van der Waals surface area contributed by atoms with Crippen LogP contribution in [0.2, 0.25) is 5.02 Å². The highest BCUT2D eigenvalue weighted by atomic mass is 35.5. The molecule has 2 aromatic rings. The third kappa shape index (κ3) is 5.05. The normalized spacial score (nSPS) is 19.2. The summed E-state index contributed by atoms with van der Waals surface area (Å²) in [4.78, 5) is 32.2. The zero-order chi connectivity index (χ0) is 22.5. The van der Waals surface area contributed by atoms with E-state index in [1.807, 2.05) is 29.2 Å². The number of hydrogen-bond donors (Lipinski definition) is 0. The van der Waals surface area contributed by atoms with Crippen molar-refractivity contribution in [3.8, 4) is 6.07 Å². The monoisotopic (exact) mass is 450 g/mol. The van der Waals surface area contributed by atoms with Gasteiger partial charge in [0.25, 0.3) is 5.91 Å². The maximum absolute atomic E-state index is 13.3. The van der Waals surface area contributed by atoms with Crippen molar-refractivity contribution in [1.82, 2.24) is 9.80 Å². The molecule has 6 nitrogen and oxygen atoms in total. The first-order chi connectivity index (χ1) is 15.5. The van der Waals surface area contributed by atoms with E-state index in [-0.39, 0.29) is 17.7 Å². The number of rotatable bonds is 3. The number of likely N-dealkylation sites (tertiary alicyclic amines) is 1. The number of carbonyl (C=O) groups excluding carboxylic acids is 2. The summed E-state index contributed by atoms with van der Waals surface area (Å²) < 4.78 is 0. The number of anilines is 1. The Morgan fingerprint density at radius 1 is 0.875 bits per heavy atom. The molecule has 0 bridgehead atoms. The standard InChI is InChI=1S/C25H27ClN4O2/c26-22-8-6-20(7-9-22)24(31)30-12-1-3-21(18-30)25(32)29-14-2-13-28(15-16-29)23-10-4-19(17-27)5-11-23/h4-11,21H,1-3,12-16,18H2. The summed E-state index contributed by atoms with van der Waals surface area (Å²) in [6, 6.07) is 16.7. The number of benzene rings is 2. The van der Waals surface area contributed by atoms with Gasteiger partial charge in [-0.3, -0.25) is 9.59 Å². The molecule has 1 atom stereocenters. The minimum Gasteiger partial charge on any atom is -0.370 e. The molecule has 2 aliphatic heterocycles. The van der Waals surface area contributed by atoms with Crippen molar-refractivity contribution in [2.45, 2.75) is 19.3 Å². The van der Waals surface area contributed by atoms with E-state index in [1.54, 1.807) is 29.2 Å². The van der Waals surface area contributed by atoms with Crippen molar-refractivity contribution in [3.63, 3.8) is 0 Å². The summed E-state index contributed by atoms with van der Waals surface area (Å²) in [5.74, 6) is -0.0382. The minimum atomic E-state index is -0.151. The predicted molar refractivity (Wildman–Crippen MR) is 125 cm³/mol. The molecule has 2 saturated heterocycles. The molecule has 2 aromatic carbocycles. The average Bonchev–Trinajstić information content (AvgIpc) is 3.10. The molecule has 2 fully saturated rings. The van der Waals surface area contributed by atoms with Crippen LogP contribution in [0.4, 0.5) is 5.69 Å². The van der Waals surface area contributed by atoms with Gasteiger partial charge in [0.05, 0.1) is 17.6 Å². The number of nitrogens with zero attached hydrogens (tertiary/aromatic N) is 4. The van der Waals surface area contributed by atoms with Crippen LogP contribution in [0, 0.1) is 17.2 Å². The Balaban J connectivity index is 1.36. The van der Waals surface area contributed by atoms with E-state index in [9.17, 15) is 9.59 Å². The third-order valence-corrected chi connectivity index (χ3v) is 6.57. The van der Waals surface area contributed by atoms with Crippen LogP contribution >= 0.6 is 11.6 Å². The van der Waals surface area contributed by atoms with Gasteiger partial charge < -0.3 is 14.7 Å². The van der Waals surface area contributed by atoms with E-state index in [1.165, 1.54) is 0 Å². The molecule has 4 rings (SSSR count). The Kier molecular flexibility index (Phi) is 6.96. The Morgan fingerprint density at radius 2 is 1.59 bits per heavy atom. The van der Waals surface area contributed by atoms with Gasteiger partial charge in [0.2, 0.25) is 5.91 Å². The van der Waals surface area contributed by atoms with Gasteiger partial charge in [0.15, 0.2) is 0 Å². The lowest BCUT2D eigenvalue weighted by Crippen LogP contribution is -2.47. The predicted octanol–water partition coefficient (Wildman–Crippen LogP) is 3.80. The summed E-state index contributed by atoms with van der Waals surface area (Å²) >= 11 is 5.94. The van der Waals surface area contributed by atoms with E-state index in [4.69, 9.17) is 16.9 Å². The Bertz CT molecular complexity index is 1000. The van der Waals surface area contributed by atoms with Gasteiger partial charge in [-0.05, 0) is 67.8 Å². The largest absolute Gasteiger partial charge is 0.370 e. The first-order valence-corrected chi connectivity index (χ1v) is 11.5. The van der Waals surface area contributed by atoms with Crippen LogP contribution in [0.15, 0.2) is 48.5 Å². The molecule has 7 heteroatoms. The maximum Gasteiger partial charge on any atom is 0.253 e. The molecule has 0 spiro atoms. The first kappa shape index (κ1) is 22.2. The Labute approximate surface area is 194 Å². The fraction of sp³-hybridized carbons (Fsp3) is 0.400. The SMILES string of the molecule is N#Cc1ccc(N2CCCN(C(=O)C3CCCN(C(=O)c4ccc(Cl)cc4)C3)CC2)cc1. The molecule has 0 radical (unpaired) electrons. The summed E-state index contributed by atoms with van der Waals surface area (Å²) in [6.07, 6.45) is 2.55. The van der Waals surface area contributed by atoms with E-state index >= 15 is 0 Å². The summed E-state index contributed by atoms with van der Waals surface area (Å²) in [7, 11) is 0. The summed E-state index contributed by atoms with van der Waals surface area (Å²) in [5.41, 5.74) is 2.33. The highest BCUT2D eigenvalue weighted by molar-refractivity contribution is 6.30. The molecule has 166 valence electrons. The highest BCUT2D eigenvalue weighted by Gasteiger charge is 2.32. The molecule has 2 amide bonds. The lowest BCUT2D eigenvalue weighted by Gasteiger charge is -2.35. The van der Waals surface area contributed by atoms with Crippen molar-refractivity contribution in [3.05, 3.63) is 64.7 Å². The van der Waals surface area contributed by atoms with Crippen molar-refractivity contribution in [2.24, 2.45) is 5.92 Å². The van der Waals surface area contributed by atoms with Gasteiger partial charge in [-0.1, -0.05) is 11.6 Å². The van der Waals surface area contributed by atoms with Crippen LogP contribution < -0.4 is 4.90 Å². The zero-order valence-electron chi connectivity index (χ0n) is 18.0. The van der Waals surface area contributed by atoms with E-state index in [0.717, 1.165) is 44.6 Å². The quantitative estimate of drug-likeness (QED) is 0.713. The number of halogens is 1. The topological polar surface area (TPSA) is 67.7 Å². The molecule has 2 aliphatic rings. The van der Waals surface area contributed by atoms with E-state index in [2.05, 4.69) is 11.0 Å². The van der Waals surface area contributed by atoms with E-state index in [0.29, 0.717) is 35.8 Å². The number of carbonyl (C=O) groups is 2. The molecule has 0 saturated carbocycles. The minimum absolute atomic E-state index is 0.0398. The van der Waals surface area contributed by atoms with Crippen molar-refractivity contribution in [2.75, 3.05) is 44.2 Å². The molecule has 0 aliphatic carbocycles. The van der Waals surface area contributed by atoms with Crippen LogP contribution in [0.3, 0.4) is 0 Å². The summed E-state index contributed by atoms with van der Waals surface area (Å²) in [5, 5.41) is 9.60. The van der Waals surface area contributed by atoms with Crippen molar-refractivity contribution in [1.29, 1.82) is 5.26 Å². The summed E-state index contributed by atoms with van der Waals surface area (Å²) in [6.45, 7) is 4.18. The van der Waals surface area contributed by atoms with Crippen molar-refractivity contribution >= 4 is 29.1 Å². The highest BCUT2D eigenvalue weighted by Crippen LogP contribution is 2.23. The molecule has 32 heavy (non-hydrogen) atoms. The third-order valence-electron chi connectivity index (χ3n) is 6.32. The van der Waals surface area contributed by atoms with Crippen LogP contribution in [-0.4, -0.2) is 60.9 Å². The fourth-order valence-corrected chi connectivity index (χ4v) is 4.67. The van der Waals surface area contributed by atoms with Gasteiger partial charge in [-0.15, -0.1) is 0 Å². The smallest absolute Gasteiger partial charge is 0.253 e. The molecular weight excluding hydrogens is 424 g/mol. The number of piperidine rings is 1. The second kappa shape index (κ2) is 10.1. The Hall–Kier alpha value is -3.04. The fourth-order valence-electron chi connectivity index (χ4n) is 4.54. The zero-order valence-corrected chi connectivity index (χ0v) is 18.8. The lowest BCUT2D eigenvalue weighted by molar-refractivity contribution is -0.136. The first-order valence-electron chi connectivity index (χ1n) is 11.1. The van der Waals surface area contributed by atoms with Gasteiger partial charge in [-0.25, -0.2) is 0 Å². The van der Waals surface area contributed by atoms with Gasteiger partial charge in [-0.2, -0.15) is 5.26 Å². The average molecular weight is 451 g/mol. The van der Waals surface area contributed by atoms with Gasteiger partial charge in [0, 0.05) is 55.5 Å². The number of amides is 2. The molecular formula is C25H27ClN4O2. The molecule has 1 unspecified atom stereocenters. The molecule has 2 heterocycles. The lowest BCUT2D eigenvalue weighted by atomic mass is 9.95. The maximum atomic E-state index is 13.3. The second-order valence-corrected chi connectivity index (χ2v) is 8.86. The van der Waals surface area contributed by atoms with Gasteiger partial charge >= 0.3 is 0 Å². The Morgan fingerprint density at radius 3 is 2.31 bits per heavy atom. The van der Waals surface area contributed by atoms with Crippen LogP contribution in [0.5, 0.6) is 0 Å². The number of hydrogen-bond acceptors (Lipinski definition) is 4. The van der Waals surface area contributed by atoms with Crippen LogP contribution in [-0.2, 0) is 4.79 Å².